The molecule has 0 bridgehead atoms. The quantitative estimate of drug-likeness (QED) is 0.528. The minimum atomic E-state index is -1.18. The standard InChI is InChI=1S/C20H17BrClNO3S/c21-16-6-3-4-14(10-16)11-23-20(24)19-9-8-17(26-19)13-27(25)12-15-5-1-2-7-18(15)22/h1-10H,11-13H2,(H,23,24). The summed E-state index contributed by atoms with van der Waals surface area (Å²) in [5, 5.41) is 3.40. The molecule has 1 aromatic heterocycles. The highest BCUT2D eigenvalue weighted by Gasteiger charge is 2.13. The summed E-state index contributed by atoms with van der Waals surface area (Å²) in [5.74, 6) is 0.968. The molecule has 0 fully saturated rings. The molecule has 3 aromatic rings. The molecule has 1 unspecified atom stereocenters. The highest BCUT2D eigenvalue weighted by Crippen LogP contribution is 2.19. The van der Waals surface area contributed by atoms with Crippen molar-refractivity contribution in [3.63, 3.8) is 0 Å². The van der Waals surface area contributed by atoms with Gasteiger partial charge in [-0.15, -0.1) is 0 Å². The van der Waals surface area contributed by atoms with E-state index in [1.54, 1.807) is 18.2 Å². The third kappa shape index (κ3) is 5.79. The molecule has 1 atom stereocenters. The van der Waals surface area contributed by atoms with Gasteiger partial charge in [0.1, 0.15) is 5.76 Å². The highest BCUT2D eigenvalue weighted by atomic mass is 79.9. The Morgan fingerprint density at radius 2 is 1.89 bits per heavy atom. The van der Waals surface area contributed by atoms with Crippen LogP contribution in [-0.2, 0) is 28.9 Å². The predicted molar refractivity (Wildman–Crippen MR) is 111 cm³/mol. The lowest BCUT2D eigenvalue weighted by Gasteiger charge is -2.04. The van der Waals surface area contributed by atoms with Crippen LogP contribution in [0.25, 0.3) is 0 Å². The van der Waals surface area contributed by atoms with Crippen LogP contribution >= 0.6 is 27.5 Å². The Labute approximate surface area is 173 Å². The van der Waals surface area contributed by atoms with Gasteiger partial charge in [0, 0.05) is 26.8 Å². The second-order valence-corrected chi connectivity index (χ2v) is 8.68. The van der Waals surface area contributed by atoms with Gasteiger partial charge in [-0.25, -0.2) is 0 Å². The lowest BCUT2D eigenvalue weighted by atomic mass is 10.2. The molecule has 140 valence electrons. The van der Waals surface area contributed by atoms with E-state index >= 15 is 0 Å². The maximum Gasteiger partial charge on any atom is 0.287 e. The van der Waals surface area contributed by atoms with Crippen LogP contribution in [0.2, 0.25) is 5.02 Å². The average Bonchev–Trinajstić information content (AvgIpc) is 3.10. The number of hydrogen-bond acceptors (Lipinski definition) is 3. The van der Waals surface area contributed by atoms with E-state index < -0.39 is 10.8 Å². The molecule has 0 aliphatic rings. The second-order valence-electron chi connectivity index (χ2n) is 5.90. The molecule has 3 rings (SSSR count). The van der Waals surface area contributed by atoms with Crippen LogP contribution in [0, 0.1) is 0 Å². The minimum absolute atomic E-state index is 0.203. The van der Waals surface area contributed by atoms with Crippen LogP contribution in [0.4, 0.5) is 0 Å². The first kappa shape index (κ1) is 19.9. The molecule has 0 aliphatic carbocycles. The maximum atomic E-state index is 12.3. The number of halogens is 2. The molecular weight excluding hydrogens is 450 g/mol. The summed E-state index contributed by atoms with van der Waals surface area (Å²) in [6, 6.07) is 18.3. The number of nitrogens with one attached hydrogen (secondary N) is 1. The Bertz CT molecular complexity index is 973. The normalized spacial score (nSPS) is 11.9. The lowest BCUT2D eigenvalue weighted by molar-refractivity contribution is 0.0921. The Hall–Kier alpha value is -1.89. The fourth-order valence-corrected chi connectivity index (χ4v) is 4.39. The molecular formula is C20H17BrClNO3S. The Balaban J connectivity index is 1.55. The van der Waals surface area contributed by atoms with Crippen LogP contribution in [0.5, 0.6) is 0 Å². The average molecular weight is 467 g/mol. The summed E-state index contributed by atoms with van der Waals surface area (Å²) in [5.41, 5.74) is 1.81. The zero-order valence-electron chi connectivity index (χ0n) is 14.3. The first-order chi connectivity index (χ1) is 13.0. The van der Waals surface area contributed by atoms with E-state index in [0.29, 0.717) is 23.1 Å². The van der Waals surface area contributed by atoms with Crippen molar-refractivity contribution >= 4 is 44.2 Å². The zero-order valence-corrected chi connectivity index (χ0v) is 17.4. The largest absolute Gasteiger partial charge is 0.455 e. The van der Waals surface area contributed by atoms with Gasteiger partial charge in [0.05, 0.1) is 11.5 Å². The number of carbonyl (C=O) groups is 1. The summed E-state index contributed by atoms with van der Waals surface area (Å²) >= 11 is 9.50. The van der Waals surface area contributed by atoms with Crippen LogP contribution in [0.1, 0.15) is 27.4 Å². The Morgan fingerprint density at radius 3 is 2.67 bits per heavy atom. The van der Waals surface area contributed by atoms with E-state index in [4.69, 9.17) is 16.0 Å². The molecule has 0 radical (unpaired) electrons. The Kier molecular flexibility index (Phi) is 6.88. The summed E-state index contributed by atoms with van der Waals surface area (Å²) in [7, 11) is -1.18. The number of hydrogen-bond donors (Lipinski definition) is 1. The van der Waals surface area contributed by atoms with Crippen molar-refractivity contribution in [3.8, 4) is 0 Å². The lowest BCUT2D eigenvalue weighted by Crippen LogP contribution is -2.22. The van der Waals surface area contributed by atoms with Crippen LogP contribution in [0.15, 0.2) is 69.6 Å². The molecule has 4 nitrogen and oxygen atoms in total. The number of amides is 1. The molecule has 1 amide bonds. The first-order valence-corrected chi connectivity index (χ1v) is 10.9. The number of furan rings is 1. The molecule has 2 aromatic carbocycles. The molecule has 0 spiro atoms. The predicted octanol–water partition coefficient (Wildman–Crippen LogP) is 5.07. The van der Waals surface area contributed by atoms with Crippen LogP contribution in [-0.4, -0.2) is 10.1 Å². The molecule has 1 N–H and O–H groups in total. The molecule has 0 saturated carbocycles. The fourth-order valence-electron chi connectivity index (χ4n) is 2.49. The van der Waals surface area contributed by atoms with Gasteiger partial charge >= 0.3 is 0 Å². The van der Waals surface area contributed by atoms with Crippen molar-refractivity contribution in [2.24, 2.45) is 0 Å². The fraction of sp³-hybridized carbons (Fsp3) is 0.150. The highest BCUT2D eigenvalue weighted by molar-refractivity contribution is 9.10. The molecule has 0 saturated heterocycles. The van der Waals surface area contributed by atoms with Crippen molar-refractivity contribution in [2.75, 3.05) is 0 Å². The van der Waals surface area contributed by atoms with Crippen molar-refractivity contribution < 1.29 is 13.4 Å². The van der Waals surface area contributed by atoms with Crippen molar-refractivity contribution in [1.29, 1.82) is 0 Å². The summed E-state index contributed by atoms with van der Waals surface area (Å²) in [6.07, 6.45) is 0. The molecule has 0 aliphatic heterocycles. The van der Waals surface area contributed by atoms with Crippen LogP contribution < -0.4 is 5.32 Å². The number of carbonyl (C=O) groups excluding carboxylic acids is 1. The van der Waals surface area contributed by atoms with Crippen molar-refractivity contribution in [3.05, 3.63) is 92.8 Å². The van der Waals surface area contributed by atoms with Gasteiger partial charge in [-0.3, -0.25) is 9.00 Å². The second kappa shape index (κ2) is 9.35. The summed E-state index contributed by atoms with van der Waals surface area (Å²) < 4.78 is 18.8. The monoisotopic (exact) mass is 465 g/mol. The molecule has 27 heavy (non-hydrogen) atoms. The van der Waals surface area contributed by atoms with Gasteiger partial charge in [-0.2, -0.15) is 0 Å². The minimum Gasteiger partial charge on any atom is -0.455 e. The maximum absolute atomic E-state index is 12.3. The van der Waals surface area contributed by atoms with Gasteiger partial charge in [0.2, 0.25) is 0 Å². The first-order valence-electron chi connectivity index (χ1n) is 8.21. The SMILES string of the molecule is O=C(NCc1cccc(Br)c1)c1ccc(CS(=O)Cc2ccccc2Cl)o1. The van der Waals surface area contributed by atoms with E-state index in [2.05, 4.69) is 21.2 Å². The summed E-state index contributed by atoms with van der Waals surface area (Å²) in [6.45, 7) is 0.396. The van der Waals surface area contributed by atoms with Crippen molar-refractivity contribution in [2.45, 2.75) is 18.1 Å². The van der Waals surface area contributed by atoms with Crippen molar-refractivity contribution in [1.82, 2.24) is 5.32 Å². The number of rotatable bonds is 7. The van der Waals surface area contributed by atoms with E-state index in [9.17, 15) is 9.00 Å². The number of benzene rings is 2. The van der Waals surface area contributed by atoms with Gasteiger partial charge < -0.3 is 9.73 Å². The molecule has 7 heteroatoms. The van der Waals surface area contributed by atoms with Gasteiger partial charge in [-0.05, 0) is 41.5 Å². The third-order valence-corrected chi connectivity index (χ3v) is 5.91. The molecule has 1 heterocycles. The van der Waals surface area contributed by atoms with Crippen LogP contribution in [0.3, 0.4) is 0 Å². The van der Waals surface area contributed by atoms with E-state index in [1.807, 2.05) is 42.5 Å². The summed E-state index contributed by atoms with van der Waals surface area (Å²) in [4.78, 5) is 12.2. The van der Waals surface area contributed by atoms with Gasteiger partial charge in [0.25, 0.3) is 5.91 Å². The van der Waals surface area contributed by atoms with E-state index in [1.165, 1.54) is 0 Å². The van der Waals surface area contributed by atoms with Gasteiger partial charge in [0.15, 0.2) is 5.76 Å². The Morgan fingerprint density at radius 1 is 1.07 bits per heavy atom. The van der Waals surface area contributed by atoms with E-state index in [0.717, 1.165) is 15.6 Å². The smallest absolute Gasteiger partial charge is 0.287 e. The van der Waals surface area contributed by atoms with Gasteiger partial charge in [-0.1, -0.05) is 57.9 Å². The van der Waals surface area contributed by atoms with E-state index in [-0.39, 0.29) is 17.4 Å². The zero-order chi connectivity index (χ0) is 19.2. The topological polar surface area (TPSA) is 59.3 Å². The third-order valence-electron chi connectivity index (χ3n) is 3.81.